The van der Waals surface area contributed by atoms with Gasteiger partial charge in [-0.05, 0) is 42.7 Å². The van der Waals surface area contributed by atoms with Gasteiger partial charge in [-0.25, -0.2) is 0 Å². The van der Waals surface area contributed by atoms with Crippen LogP contribution in [-0.2, 0) is 13.0 Å². The lowest BCUT2D eigenvalue weighted by molar-refractivity contribution is 0.312. The quantitative estimate of drug-likeness (QED) is 0.601. The molecule has 3 aromatic rings. The molecule has 1 aromatic heterocycles. The second kappa shape index (κ2) is 8.08. The predicted octanol–water partition coefficient (Wildman–Crippen LogP) is 4.90. The van der Waals surface area contributed by atoms with E-state index in [1.54, 1.807) is 6.26 Å². The number of furan rings is 1. The molecule has 0 amide bonds. The highest BCUT2D eigenvalue weighted by atomic mass is 16.5. The standard InChI is InChI=1S/C20H21NO2/c1-2-8-17(9-3-1)10-6-15-23-20-13-5-4-12-19(20)21-16-18-11-7-14-22-18/h1-5,7-9,11-14,21H,6,10,15-16H2. The summed E-state index contributed by atoms with van der Waals surface area (Å²) in [4.78, 5) is 0. The SMILES string of the molecule is c1ccc(CCCOc2ccccc2NCc2ccco2)cc1. The third-order valence-electron chi connectivity index (χ3n) is 3.63. The van der Waals surface area contributed by atoms with E-state index in [4.69, 9.17) is 9.15 Å². The van der Waals surface area contributed by atoms with Gasteiger partial charge in [0.1, 0.15) is 11.5 Å². The van der Waals surface area contributed by atoms with Gasteiger partial charge in [0, 0.05) is 0 Å². The lowest BCUT2D eigenvalue weighted by Gasteiger charge is -2.12. The van der Waals surface area contributed by atoms with E-state index in [9.17, 15) is 0 Å². The van der Waals surface area contributed by atoms with Gasteiger partial charge in [-0.3, -0.25) is 0 Å². The number of aryl methyl sites for hydroxylation is 1. The summed E-state index contributed by atoms with van der Waals surface area (Å²) in [5.41, 5.74) is 2.34. The van der Waals surface area contributed by atoms with E-state index in [0.717, 1.165) is 30.0 Å². The minimum Gasteiger partial charge on any atom is -0.491 e. The van der Waals surface area contributed by atoms with Crippen molar-refractivity contribution in [2.75, 3.05) is 11.9 Å². The number of hydrogen-bond acceptors (Lipinski definition) is 3. The van der Waals surface area contributed by atoms with E-state index in [1.807, 2.05) is 42.5 Å². The predicted molar refractivity (Wildman–Crippen MR) is 92.7 cm³/mol. The zero-order valence-electron chi connectivity index (χ0n) is 13.1. The fourth-order valence-electron chi connectivity index (χ4n) is 2.44. The first-order valence-electron chi connectivity index (χ1n) is 7.94. The zero-order valence-corrected chi connectivity index (χ0v) is 13.1. The lowest BCUT2D eigenvalue weighted by atomic mass is 10.1. The molecule has 0 atom stereocenters. The van der Waals surface area contributed by atoms with Crippen LogP contribution >= 0.6 is 0 Å². The molecule has 0 aliphatic heterocycles. The summed E-state index contributed by atoms with van der Waals surface area (Å²) >= 11 is 0. The van der Waals surface area contributed by atoms with E-state index in [1.165, 1.54) is 5.56 Å². The van der Waals surface area contributed by atoms with Crippen molar-refractivity contribution in [1.82, 2.24) is 0 Å². The molecule has 2 aromatic carbocycles. The summed E-state index contributed by atoms with van der Waals surface area (Å²) in [5, 5.41) is 3.36. The fraction of sp³-hybridized carbons (Fsp3) is 0.200. The van der Waals surface area contributed by atoms with Crippen molar-refractivity contribution in [3.63, 3.8) is 0 Å². The molecular formula is C20H21NO2. The van der Waals surface area contributed by atoms with Crippen molar-refractivity contribution in [3.05, 3.63) is 84.3 Å². The Kier molecular flexibility index (Phi) is 5.35. The minimum absolute atomic E-state index is 0.650. The number of hydrogen-bond donors (Lipinski definition) is 1. The van der Waals surface area contributed by atoms with Crippen LogP contribution in [0, 0.1) is 0 Å². The largest absolute Gasteiger partial charge is 0.491 e. The maximum Gasteiger partial charge on any atom is 0.142 e. The molecule has 0 unspecified atom stereocenters. The highest BCUT2D eigenvalue weighted by Crippen LogP contribution is 2.24. The Balaban J connectivity index is 1.49. The van der Waals surface area contributed by atoms with Gasteiger partial charge in [-0.1, -0.05) is 42.5 Å². The maximum atomic E-state index is 5.94. The van der Waals surface area contributed by atoms with Gasteiger partial charge in [0.15, 0.2) is 0 Å². The molecular weight excluding hydrogens is 286 g/mol. The normalized spacial score (nSPS) is 10.4. The van der Waals surface area contributed by atoms with Crippen LogP contribution in [0.5, 0.6) is 5.75 Å². The average Bonchev–Trinajstić information content (AvgIpc) is 3.12. The van der Waals surface area contributed by atoms with Crippen LogP contribution < -0.4 is 10.1 Å². The second-order valence-electron chi connectivity index (χ2n) is 5.37. The Labute approximate surface area is 136 Å². The lowest BCUT2D eigenvalue weighted by Crippen LogP contribution is -2.04. The highest BCUT2D eigenvalue weighted by molar-refractivity contribution is 5.56. The number of rotatable bonds is 8. The number of para-hydroxylation sites is 2. The third kappa shape index (κ3) is 4.65. The molecule has 0 radical (unpaired) electrons. The molecule has 0 bridgehead atoms. The molecule has 0 fully saturated rings. The molecule has 0 spiro atoms. The third-order valence-corrected chi connectivity index (χ3v) is 3.63. The topological polar surface area (TPSA) is 34.4 Å². The summed E-state index contributed by atoms with van der Waals surface area (Å²) in [7, 11) is 0. The molecule has 118 valence electrons. The van der Waals surface area contributed by atoms with Crippen LogP contribution in [0.25, 0.3) is 0 Å². The molecule has 0 aliphatic carbocycles. The van der Waals surface area contributed by atoms with Crippen LogP contribution in [0.4, 0.5) is 5.69 Å². The number of ether oxygens (including phenoxy) is 1. The molecule has 3 rings (SSSR count). The first-order valence-corrected chi connectivity index (χ1v) is 7.94. The van der Waals surface area contributed by atoms with E-state index in [0.29, 0.717) is 13.2 Å². The van der Waals surface area contributed by atoms with E-state index >= 15 is 0 Å². The van der Waals surface area contributed by atoms with Crippen LogP contribution in [0.15, 0.2) is 77.4 Å². The molecule has 0 saturated carbocycles. The van der Waals surface area contributed by atoms with E-state index in [2.05, 4.69) is 29.6 Å². The molecule has 0 saturated heterocycles. The Morgan fingerprint density at radius 1 is 0.870 bits per heavy atom. The van der Waals surface area contributed by atoms with Gasteiger partial charge < -0.3 is 14.5 Å². The Morgan fingerprint density at radius 2 is 1.70 bits per heavy atom. The fourth-order valence-corrected chi connectivity index (χ4v) is 2.44. The van der Waals surface area contributed by atoms with Gasteiger partial charge in [0.05, 0.1) is 25.1 Å². The average molecular weight is 307 g/mol. The smallest absolute Gasteiger partial charge is 0.142 e. The molecule has 1 N–H and O–H groups in total. The Morgan fingerprint density at radius 3 is 2.52 bits per heavy atom. The minimum atomic E-state index is 0.650. The van der Waals surface area contributed by atoms with Crippen LogP contribution in [0.1, 0.15) is 17.7 Å². The van der Waals surface area contributed by atoms with Crippen molar-refractivity contribution < 1.29 is 9.15 Å². The van der Waals surface area contributed by atoms with Crippen molar-refractivity contribution in [2.45, 2.75) is 19.4 Å². The number of benzene rings is 2. The maximum absolute atomic E-state index is 5.94. The van der Waals surface area contributed by atoms with E-state index < -0.39 is 0 Å². The summed E-state index contributed by atoms with van der Waals surface area (Å²) in [6, 6.07) is 22.3. The molecule has 23 heavy (non-hydrogen) atoms. The molecule has 3 nitrogen and oxygen atoms in total. The van der Waals surface area contributed by atoms with Crippen LogP contribution in [0.3, 0.4) is 0 Å². The highest BCUT2D eigenvalue weighted by Gasteiger charge is 2.03. The molecule has 1 heterocycles. The molecule has 0 aliphatic rings. The van der Waals surface area contributed by atoms with Gasteiger partial charge >= 0.3 is 0 Å². The Hall–Kier alpha value is -2.68. The van der Waals surface area contributed by atoms with Crippen LogP contribution in [0.2, 0.25) is 0 Å². The van der Waals surface area contributed by atoms with Gasteiger partial charge in [-0.15, -0.1) is 0 Å². The van der Waals surface area contributed by atoms with Gasteiger partial charge in [-0.2, -0.15) is 0 Å². The van der Waals surface area contributed by atoms with Crippen molar-refractivity contribution >= 4 is 5.69 Å². The van der Waals surface area contributed by atoms with Gasteiger partial charge in [0.25, 0.3) is 0 Å². The zero-order chi connectivity index (χ0) is 15.7. The first-order chi connectivity index (χ1) is 11.4. The van der Waals surface area contributed by atoms with Crippen molar-refractivity contribution in [2.24, 2.45) is 0 Å². The van der Waals surface area contributed by atoms with Crippen LogP contribution in [-0.4, -0.2) is 6.61 Å². The Bertz CT molecular complexity index is 693. The first kappa shape index (κ1) is 15.2. The van der Waals surface area contributed by atoms with Crippen molar-refractivity contribution in [3.8, 4) is 5.75 Å². The molecule has 3 heteroatoms. The number of anilines is 1. The number of nitrogens with one attached hydrogen (secondary N) is 1. The summed E-state index contributed by atoms with van der Waals surface area (Å²) < 4.78 is 11.3. The van der Waals surface area contributed by atoms with E-state index in [-0.39, 0.29) is 0 Å². The van der Waals surface area contributed by atoms with Crippen molar-refractivity contribution in [1.29, 1.82) is 0 Å². The summed E-state index contributed by atoms with van der Waals surface area (Å²) in [5.74, 6) is 1.79. The summed E-state index contributed by atoms with van der Waals surface area (Å²) in [6.45, 7) is 1.35. The second-order valence-corrected chi connectivity index (χ2v) is 5.37. The van der Waals surface area contributed by atoms with Gasteiger partial charge in [0.2, 0.25) is 0 Å². The monoisotopic (exact) mass is 307 g/mol. The summed E-state index contributed by atoms with van der Waals surface area (Å²) in [6.07, 6.45) is 3.71.